The molecule has 5 nitrogen and oxygen atoms in total. The molecule has 2 N–H and O–H groups in total. The van der Waals surface area contributed by atoms with Crippen LogP contribution in [-0.4, -0.2) is 31.5 Å². The van der Waals surface area contributed by atoms with Gasteiger partial charge in [-0.3, -0.25) is 4.79 Å². The van der Waals surface area contributed by atoms with Gasteiger partial charge < -0.3 is 15.5 Å². The van der Waals surface area contributed by atoms with Crippen molar-refractivity contribution in [1.29, 1.82) is 0 Å². The average molecular weight is 482 g/mol. The Kier molecular flexibility index (Phi) is 8.02. The summed E-state index contributed by atoms with van der Waals surface area (Å²) in [5.41, 5.74) is 2.97. The topological polar surface area (TPSA) is 56.7 Å². The smallest absolute Gasteiger partial charge is 0.246 e. The summed E-state index contributed by atoms with van der Waals surface area (Å²) in [4.78, 5) is 18.8. The van der Waals surface area contributed by atoms with E-state index >= 15 is 0 Å². The van der Waals surface area contributed by atoms with Gasteiger partial charge in [0, 0.05) is 18.8 Å². The van der Waals surface area contributed by atoms with Gasteiger partial charge in [-0.05, 0) is 42.7 Å². The molecule has 0 aromatic heterocycles. The Hall–Kier alpha value is -2.16. The molecule has 0 fully saturated rings. The minimum Gasteiger partial charge on any atom is -0.357 e. The number of fused-ring (bicyclic) bond motifs is 1. The summed E-state index contributed by atoms with van der Waals surface area (Å²) in [7, 11) is 0. The maximum Gasteiger partial charge on any atom is 0.246 e. The molecule has 1 aliphatic heterocycles. The maximum absolute atomic E-state index is 13.3. The van der Waals surface area contributed by atoms with Crippen LogP contribution in [0.2, 0.25) is 0 Å². The standard InChI is InChI=1S/C20H23FN4O.HI/c1-2-22-20(23-13-15-6-5-8-17(21)12-15)24-14-19(26)25-11-10-16-7-3-4-9-18(16)25;/h3-9,12H,2,10-11,13-14H2,1H3,(H2,22,23,24);1H. The van der Waals surface area contributed by atoms with E-state index in [2.05, 4.69) is 21.7 Å². The van der Waals surface area contributed by atoms with E-state index in [1.165, 1.54) is 17.7 Å². The largest absolute Gasteiger partial charge is 0.357 e. The van der Waals surface area contributed by atoms with Crippen molar-refractivity contribution in [2.24, 2.45) is 4.99 Å². The average Bonchev–Trinajstić information content (AvgIpc) is 3.08. The van der Waals surface area contributed by atoms with Crippen molar-refractivity contribution in [3.63, 3.8) is 0 Å². The summed E-state index contributed by atoms with van der Waals surface area (Å²) in [6.45, 7) is 3.83. The number of carbonyl (C=O) groups is 1. The van der Waals surface area contributed by atoms with Crippen molar-refractivity contribution in [2.45, 2.75) is 19.9 Å². The molecular formula is C20H24FIN4O. The second-order valence-electron chi connectivity index (χ2n) is 6.10. The number of nitrogens with zero attached hydrogens (tertiary/aromatic N) is 2. The van der Waals surface area contributed by atoms with E-state index in [9.17, 15) is 9.18 Å². The lowest BCUT2D eigenvalue weighted by molar-refractivity contribution is -0.117. The normalized spacial score (nSPS) is 13.0. The molecule has 0 unspecified atom stereocenters. The molecule has 0 radical (unpaired) electrons. The first-order valence-electron chi connectivity index (χ1n) is 8.82. The Morgan fingerprint density at radius 3 is 2.78 bits per heavy atom. The number of hydrogen-bond acceptors (Lipinski definition) is 2. The van der Waals surface area contributed by atoms with Crippen molar-refractivity contribution in [3.05, 3.63) is 65.5 Å². The second-order valence-corrected chi connectivity index (χ2v) is 6.10. The van der Waals surface area contributed by atoms with Gasteiger partial charge in [0.05, 0.1) is 13.1 Å². The lowest BCUT2D eigenvalue weighted by Crippen LogP contribution is -2.44. The van der Waals surface area contributed by atoms with E-state index in [0.29, 0.717) is 25.6 Å². The maximum atomic E-state index is 13.3. The minimum atomic E-state index is -0.279. The Labute approximate surface area is 176 Å². The Balaban J connectivity index is 0.00000261. The van der Waals surface area contributed by atoms with E-state index in [1.807, 2.05) is 31.2 Å². The van der Waals surface area contributed by atoms with Crippen molar-refractivity contribution in [2.75, 3.05) is 24.5 Å². The fraction of sp³-hybridized carbons (Fsp3) is 0.300. The van der Waals surface area contributed by atoms with E-state index in [0.717, 1.165) is 17.7 Å². The number of rotatable bonds is 5. The molecule has 0 bridgehead atoms. The molecule has 1 aliphatic rings. The van der Waals surface area contributed by atoms with Gasteiger partial charge >= 0.3 is 0 Å². The molecule has 0 spiro atoms. The van der Waals surface area contributed by atoms with Crippen LogP contribution >= 0.6 is 24.0 Å². The number of amides is 1. The number of carbonyl (C=O) groups excluding carboxylic acids is 1. The predicted molar refractivity (Wildman–Crippen MR) is 117 cm³/mol. The van der Waals surface area contributed by atoms with Gasteiger partial charge in [-0.15, -0.1) is 24.0 Å². The van der Waals surface area contributed by atoms with Gasteiger partial charge in [0.2, 0.25) is 5.91 Å². The summed E-state index contributed by atoms with van der Waals surface area (Å²) >= 11 is 0. The zero-order valence-electron chi connectivity index (χ0n) is 15.2. The van der Waals surface area contributed by atoms with Crippen LogP contribution in [0.5, 0.6) is 0 Å². The number of guanidine groups is 1. The van der Waals surface area contributed by atoms with Crippen LogP contribution in [0.3, 0.4) is 0 Å². The van der Waals surface area contributed by atoms with Gasteiger partial charge in [-0.1, -0.05) is 30.3 Å². The van der Waals surface area contributed by atoms with E-state index < -0.39 is 0 Å². The monoisotopic (exact) mass is 482 g/mol. The van der Waals surface area contributed by atoms with Crippen LogP contribution in [0.4, 0.5) is 10.1 Å². The molecule has 0 saturated heterocycles. The molecule has 3 rings (SSSR count). The number of hydrogen-bond donors (Lipinski definition) is 2. The van der Waals surface area contributed by atoms with Crippen LogP contribution in [0.25, 0.3) is 0 Å². The van der Waals surface area contributed by atoms with Gasteiger partial charge in [0.1, 0.15) is 5.82 Å². The molecular weight excluding hydrogens is 458 g/mol. The summed E-state index contributed by atoms with van der Waals surface area (Å²) in [5, 5.41) is 6.17. The lowest BCUT2D eigenvalue weighted by Gasteiger charge is -2.18. The van der Waals surface area contributed by atoms with Crippen LogP contribution in [0.15, 0.2) is 53.5 Å². The number of halogens is 2. The fourth-order valence-electron chi connectivity index (χ4n) is 3.00. The highest BCUT2D eigenvalue weighted by Crippen LogP contribution is 2.27. The van der Waals surface area contributed by atoms with Crippen LogP contribution in [-0.2, 0) is 17.8 Å². The van der Waals surface area contributed by atoms with Crippen LogP contribution in [0.1, 0.15) is 18.1 Å². The molecule has 1 amide bonds. The minimum absolute atomic E-state index is 0. The third kappa shape index (κ3) is 5.66. The summed E-state index contributed by atoms with van der Waals surface area (Å²) in [6.07, 6.45) is 0.885. The first-order chi connectivity index (χ1) is 12.7. The first-order valence-corrected chi connectivity index (χ1v) is 8.82. The third-order valence-corrected chi connectivity index (χ3v) is 4.25. The zero-order valence-corrected chi connectivity index (χ0v) is 17.6. The van der Waals surface area contributed by atoms with E-state index in [4.69, 9.17) is 0 Å². The van der Waals surface area contributed by atoms with Gasteiger partial charge in [0.25, 0.3) is 0 Å². The van der Waals surface area contributed by atoms with Crippen LogP contribution < -0.4 is 15.5 Å². The van der Waals surface area contributed by atoms with Crippen molar-refractivity contribution < 1.29 is 9.18 Å². The van der Waals surface area contributed by atoms with E-state index in [1.54, 1.807) is 11.0 Å². The number of anilines is 1. The number of para-hydroxylation sites is 1. The van der Waals surface area contributed by atoms with Gasteiger partial charge in [0.15, 0.2) is 5.96 Å². The molecule has 7 heteroatoms. The number of aliphatic imine (C=N–C) groups is 1. The third-order valence-electron chi connectivity index (χ3n) is 4.25. The molecule has 27 heavy (non-hydrogen) atoms. The Morgan fingerprint density at radius 1 is 1.19 bits per heavy atom. The quantitative estimate of drug-likeness (QED) is 0.392. The summed E-state index contributed by atoms with van der Waals surface area (Å²) < 4.78 is 13.3. The van der Waals surface area contributed by atoms with Crippen molar-refractivity contribution in [3.8, 4) is 0 Å². The molecule has 0 aliphatic carbocycles. The molecule has 144 valence electrons. The number of nitrogens with one attached hydrogen (secondary N) is 2. The van der Waals surface area contributed by atoms with E-state index in [-0.39, 0.29) is 42.2 Å². The van der Waals surface area contributed by atoms with Crippen molar-refractivity contribution in [1.82, 2.24) is 10.6 Å². The van der Waals surface area contributed by atoms with Crippen LogP contribution in [0, 0.1) is 5.82 Å². The van der Waals surface area contributed by atoms with Gasteiger partial charge in [-0.2, -0.15) is 0 Å². The lowest BCUT2D eigenvalue weighted by atomic mass is 10.2. The fourth-order valence-corrected chi connectivity index (χ4v) is 3.00. The highest BCUT2D eigenvalue weighted by atomic mass is 127. The van der Waals surface area contributed by atoms with Gasteiger partial charge in [-0.25, -0.2) is 9.38 Å². The molecule has 0 saturated carbocycles. The summed E-state index contributed by atoms with van der Waals surface area (Å²) in [5.74, 6) is 0.266. The van der Waals surface area contributed by atoms with Crippen molar-refractivity contribution >= 4 is 41.5 Å². The zero-order chi connectivity index (χ0) is 18.4. The molecule has 1 heterocycles. The molecule has 2 aromatic carbocycles. The second kappa shape index (κ2) is 10.2. The summed E-state index contributed by atoms with van der Waals surface area (Å²) in [6, 6.07) is 14.3. The Bertz CT molecular complexity index is 812. The first kappa shape index (κ1) is 21.1. The number of benzene rings is 2. The molecule has 0 atom stereocenters. The predicted octanol–water partition coefficient (Wildman–Crippen LogP) is 3.09. The molecule has 2 aromatic rings. The highest BCUT2D eigenvalue weighted by molar-refractivity contribution is 14.0. The Morgan fingerprint density at radius 2 is 2.00 bits per heavy atom. The SMILES string of the molecule is CCNC(=NCc1cccc(F)c1)NCC(=O)N1CCc2ccccc21.I. The highest BCUT2D eigenvalue weighted by Gasteiger charge is 2.23.